The first kappa shape index (κ1) is 13.3. The van der Waals surface area contributed by atoms with Gasteiger partial charge in [0.25, 0.3) is 0 Å². The third-order valence-electron chi connectivity index (χ3n) is 2.97. The van der Waals surface area contributed by atoms with Crippen LogP contribution in [0.2, 0.25) is 5.02 Å². The molecule has 1 aromatic carbocycles. The van der Waals surface area contributed by atoms with Crippen molar-refractivity contribution in [2.75, 3.05) is 0 Å². The lowest BCUT2D eigenvalue weighted by molar-refractivity contribution is 0.589. The Morgan fingerprint density at radius 3 is 2.94 bits per heavy atom. The molecule has 3 nitrogen and oxygen atoms in total. The molecule has 0 bridgehead atoms. The quantitative estimate of drug-likeness (QED) is 0.854. The van der Waals surface area contributed by atoms with E-state index in [1.54, 1.807) is 0 Å². The Bertz CT molecular complexity index is 588. The highest BCUT2D eigenvalue weighted by Gasteiger charge is 2.14. The van der Waals surface area contributed by atoms with E-state index in [0.717, 1.165) is 29.3 Å². The summed E-state index contributed by atoms with van der Waals surface area (Å²) in [6, 6.07) is 7.99. The van der Waals surface area contributed by atoms with Crippen LogP contribution in [-0.2, 0) is 6.42 Å². The lowest BCUT2D eigenvalue weighted by atomic mass is 10.1. The fraction of sp³-hybridized carbons (Fsp3) is 0.385. The van der Waals surface area contributed by atoms with Crippen LogP contribution in [0.3, 0.4) is 0 Å². The van der Waals surface area contributed by atoms with E-state index in [1.807, 2.05) is 18.2 Å². The van der Waals surface area contributed by atoms with Crippen molar-refractivity contribution in [1.82, 2.24) is 14.8 Å². The van der Waals surface area contributed by atoms with Gasteiger partial charge in [0.15, 0.2) is 4.77 Å². The number of nitrogens with zero attached hydrogens (tertiary/aromatic N) is 2. The number of hydrogen-bond acceptors (Lipinski definition) is 2. The van der Waals surface area contributed by atoms with Crippen molar-refractivity contribution in [1.29, 1.82) is 0 Å². The molecule has 0 aliphatic heterocycles. The first-order valence-corrected chi connectivity index (χ1v) is 6.83. The maximum Gasteiger partial charge on any atom is 0.195 e. The smallest absolute Gasteiger partial charge is 0.195 e. The average molecular weight is 282 g/mol. The van der Waals surface area contributed by atoms with Gasteiger partial charge in [-0.2, -0.15) is 5.10 Å². The van der Waals surface area contributed by atoms with Crippen LogP contribution in [-0.4, -0.2) is 14.8 Å². The predicted octanol–water partition coefficient (Wildman–Crippen LogP) is 4.16. The normalized spacial score (nSPS) is 12.6. The van der Waals surface area contributed by atoms with Crippen LogP contribution in [0.25, 0.3) is 0 Å². The number of aromatic nitrogens is 3. The Kier molecular flexibility index (Phi) is 4.19. The molecule has 0 aliphatic carbocycles. The SMILES string of the molecule is CCCc1n[nH]c(=S)n1C(C)c1cccc(Cl)c1. The van der Waals surface area contributed by atoms with Crippen molar-refractivity contribution in [3.8, 4) is 0 Å². The van der Waals surface area contributed by atoms with Crippen molar-refractivity contribution in [2.24, 2.45) is 0 Å². The molecule has 1 atom stereocenters. The average Bonchev–Trinajstić information content (AvgIpc) is 2.70. The van der Waals surface area contributed by atoms with Gasteiger partial charge < -0.3 is 0 Å². The molecular formula is C13H16ClN3S. The Morgan fingerprint density at radius 1 is 1.50 bits per heavy atom. The number of aromatic amines is 1. The van der Waals surface area contributed by atoms with Gasteiger partial charge in [-0.05, 0) is 43.3 Å². The number of hydrogen-bond donors (Lipinski definition) is 1. The zero-order chi connectivity index (χ0) is 13.1. The molecule has 0 spiro atoms. The van der Waals surface area contributed by atoms with Crippen LogP contribution in [0.1, 0.15) is 37.7 Å². The highest BCUT2D eigenvalue weighted by atomic mass is 35.5. The standard InChI is InChI=1S/C13H16ClN3S/c1-3-5-12-15-16-13(18)17(12)9(2)10-6-4-7-11(14)8-10/h4,6-9H,3,5H2,1-2H3,(H,16,18). The Hall–Kier alpha value is -1.13. The summed E-state index contributed by atoms with van der Waals surface area (Å²) in [5.41, 5.74) is 1.14. The number of halogens is 1. The minimum absolute atomic E-state index is 0.136. The molecule has 0 saturated heterocycles. The summed E-state index contributed by atoms with van der Waals surface area (Å²) in [6.45, 7) is 4.24. The molecule has 1 aromatic heterocycles. The van der Waals surface area contributed by atoms with Gasteiger partial charge in [-0.25, -0.2) is 0 Å². The summed E-state index contributed by atoms with van der Waals surface area (Å²) in [4.78, 5) is 0. The van der Waals surface area contributed by atoms with Crippen LogP contribution in [0.5, 0.6) is 0 Å². The molecule has 0 fully saturated rings. The molecule has 0 aliphatic rings. The maximum absolute atomic E-state index is 6.03. The van der Waals surface area contributed by atoms with E-state index in [4.69, 9.17) is 23.8 Å². The van der Waals surface area contributed by atoms with Crippen LogP contribution in [0.15, 0.2) is 24.3 Å². The number of benzene rings is 1. The molecule has 5 heteroatoms. The van der Waals surface area contributed by atoms with Crippen molar-refractivity contribution >= 4 is 23.8 Å². The van der Waals surface area contributed by atoms with Gasteiger partial charge in [0, 0.05) is 11.4 Å². The summed E-state index contributed by atoms with van der Waals surface area (Å²) < 4.78 is 2.72. The lowest BCUT2D eigenvalue weighted by Crippen LogP contribution is -2.11. The fourth-order valence-corrected chi connectivity index (χ4v) is 2.56. The molecule has 0 saturated carbocycles. The van der Waals surface area contributed by atoms with Crippen molar-refractivity contribution in [2.45, 2.75) is 32.7 Å². The van der Waals surface area contributed by atoms with Crippen molar-refractivity contribution in [3.63, 3.8) is 0 Å². The third kappa shape index (κ3) is 2.65. The largest absolute Gasteiger partial charge is 0.297 e. The van der Waals surface area contributed by atoms with Gasteiger partial charge in [0.1, 0.15) is 5.82 Å². The Labute approximate surface area is 117 Å². The van der Waals surface area contributed by atoms with E-state index in [0.29, 0.717) is 4.77 Å². The van der Waals surface area contributed by atoms with Gasteiger partial charge >= 0.3 is 0 Å². The molecule has 18 heavy (non-hydrogen) atoms. The monoisotopic (exact) mass is 281 g/mol. The molecule has 0 amide bonds. The second kappa shape index (κ2) is 5.67. The fourth-order valence-electron chi connectivity index (χ4n) is 2.05. The highest BCUT2D eigenvalue weighted by Crippen LogP contribution is 2.22. The first-order chi connectivity index (χ1) is 8.63. The molecule has 1 unspecified atom stereocenters. The van der Waals surface area contributed by atoms with Crippen LogP contribution < -0.4 is 0 Å². The summed E-state index contributed by atoms with van der Waals surface area (Å²) >= 11 is 11.3. The van der Waals surface area contributed by atoms with Gasteiger partial charge in [-0.1, -0.05) is 30.7 Å². The zero-order valence-electron chi connectivity index (χ0n) is 10.5. The van der Waals surface area contributed by atoms with E-state index in [1.165, 1.54) is 0 Å². The minimum Gasteiger partial charge on any atom is -0.297 e. The van der Waals surface area contributed by atoms with Crippen molar-refractivity contribution < 1.29 is 0 Å². The Morgan fingerprint density at radius 2 is 2.28 bits per heavy atom. The van der Waals surface area contributed by atoms with Crippen LogP contribution >= 0.6 is 23.8 Å². The predicted molar refractivity (Wildman–Crippen MR) is 76.7 cm³/mol. The van der Waals surface area contributed by atoms with Crippen molar-refractivity contribution in [3.05, 3.63) is 45.4 Å². The number of aryl methyl sites for hydroxylation is 1. The van der Waals surface area contributed by atoms with E-state index in [2.05, 4.69) is 34.7 Å². The molecule has 1 N–H and O–H groups in total. The van der Waals surface area contributed by atoms with E-state index >= 15 is 0 Å². The highest BCUT2D eigenvalue weighted by molar-refractivity contribution is 7.71. The number of nitrogens with one attached hydrogen (secondary N) is 1. The lowest BCUT2D eigenvalue weighted by Gasteiger charge is -2.16. The molecule has 2 rings (SSSR count). The summed E-state index contributed by atoms with van der Waals surface area (Å²) in [7, 11) is 0. The second-order valence-corrected chi connectivity index (χ2v) is 5.12. The van der Waals surface area contributed by atoms with Gasteiger partial charge in [0.2, 0.25) is 0 Å². The molecule has 96 valence electrons. The summed E-state index contributed by atoms with van der Waals surface area (Å²) in [5, 5.41) is 7.90. The summed E-state index contributed by atoms with van der Waals surface area (Å²) in [5.74, 6) is 0.995. The second-order valence-electron chi connectivity index (χ2n) is 4.30. The van der Waals surface area contributed by atoms with E-state index < -0.39 is 0 Å². The van der Waals surface area contributed by atoms with E-state index in [-0.39, 0.29) is 6.04 Å². The van der Waals surface area contributed by atoms with Crippen LogP contribution in [0.4, 0.5) is 0 Å². The van der Waals surface area contributed by atoms with E-state index in [9.17, 15) is 0 Å². The molecule has 0 radical (unpaired) electrons. The number of H-pyrrole nitrogens is 1. The van der Waals surface area contributed by atoms with Gasteiger partial charge in [-0.15, -0.1) is 0 Å². The van der Waals surface area contributed by atoms with Gasteiger partial charge in [-0.3, -0.25) is 9.67 Å². The summed E-state index contributed by atoms with van der Waals surface area (Å²) in [6.07, 6.45) is 1.96. The Balaban J connectivity index is 2.42. The first-order valence-electron chi connectivity index (χ1n) is 6.04. The topological polar surface area (TPSA) is 33.6 Å². The molecule has 1 heterocycles. The minimum atomic E-state index is 0.136. The number of rotatable bonds is 4. The van der Waals surface area contributed by atoms with Gasteiger partial charge in [0.05, 0.1) is 6.04 Å². The van der Waals surface area contributed by atoms with Crippen LogP contribution in [0, 0.1) is 4.77 Å². The molecule has 2 aromatic rings. The maximum atomic E-state index is 6.03. The zero-order valence-corrected chi connectivity index (χ0v) is 12.1. The molecular weight excluding hydrogens is 266 g/mol. The third-order valence-corrected chi connectivity index (χ3v) is 3.49.